The van der Waals surface area contributed by atoms with E-state index in [2.05, 4.69) is 33.5 Å². The highest BCUT2D eigenvalue weighted by Crippen LogP contribution is 2.25. The number of carbonyl (C=O) groups excluding carboxylic acids is 1. The number of ether oxygens (including phenoxy) is 1. The summed E-state index contributed by atoms with van der Waals surface area (Å²) < 4.78 is 6.58. The van der Waals surface area contributed by atoms with Gasteiger partial charge in [-0.2, -0.15) is 0 Å². The van der Waals surface area contributed by atoms with Gasteiger partial charge in [-0.1, -0.05) is 31.2 Å². The Morgan fingerprint density at radius 2 is 1.96 bits per heavy atom. The van der Waals surface area contributed by atoms with Crippen LogP contribution in [-0.4, -0.2) is 19.1 Å². The second kappa shape index (κ2) is 11.1. The smallest absolute Gasteiger partial charge is 0.227 e. The maximum atomic E-state index is 12.1. The van der Waals surface area contributed by atoms with Gasteiger partial charge in [0.25, 0.3) is 0 Å². The molecule has 2 aromatic carbocycles. The van der Waals surface area contributed by atoms with Gasteiger partial charge < -0.3 is 15.4 Å². The molecule has 6 heteroatoms. The molecule has 0 aliphatic heterocycles. The lowest BCUT2D eigenvalue weighted by atomic mass is 10.1. The molecule has 0 bridgehead atoms. The molecule has 0 fully saturated rings. The summed E-state index contributed by atoms with van der Waals surface area (Å²) in [6.07, 6.45) is 0.301. The first-order chi connectivity index (χ1) is 11.6. The molecule has 0 aromatic heterocycles. The second-order valence-corrected chi connectivity index (χ2v) is 6.37. The Labute approximate surface area is 163 Å². The number of nitrogens with one attached hydrogen (secondary N) is 2. The Hall–Kier alpha value is -1.56. The van der Waals surface area contributed by atoms with Crippen molar-refractivity contribution >= 4 is 39.9 Å². The molecule has 25 heavy (non-hydrogen) atoms. The molecule has 0 radical (unpaired) electrons. The molecule has 0 atom stereocenters. The summed E-state index contributed by atoms with van der Waals surface area (Å²) in [4.78, 5) is 12.1. The summed E-state index contributed by atoms with van der Waals surface area (Å²) >= 11 is 3.47. The quantitative estimate of drug-likeness (QED) is 0.642. The highest BCUT2D eigenvalue weighted by molar-refractivity contribution is 9.10. The third-order valence-electron chi connectivity index (χ3n) is 3.53. The minimum Gasteiger partial charge on any atom is -0.492 e. The molecule has 2 N–H and O–H groups in total. The van der Waals surface area contributed by atoms with Crippen LogP contribution in [0.1, 0.15) is 24.5 Å². The van der Waals surface area contributed by atoms with E-state index >= 15 is 0 Å². The van der Waals surface area contributed by atoms with Gasteiger partial charge in [-0.15, -0.1) is 12.4 Å². The molecule has 0 aliphatic rings. The Balaban J connectivity index is 0.00000312. The third kappa shape index (κ3) is 7.06. The zero-order valence-electron chi connectivity index (χ0n) is 14.5. The van der Waals surface area contributed by atoms with Crippen molar-refractivity contribution in [2.24, 2.45) is 0 Å². The predicted octanol–water partition coefficient (Wildman–Crippen LogP) is 4.70. The Morgan fingerprint density at radius 1 is 1.20 bits per heavy atom. The minimum atomic E-state index is -0.0535. The second-order valence-electron chi connectivity index (χ2n) is 5.52. The lowest BCUT2D eigenvalue weighted by Crippen LogP contribution is -2.18. The van der Waals surface area contributed by atoms with Crippen LogP contribution in [0.5, 0.6) is 5.75 Å². The highest BCUT2D eigenvalue weighted by atomic mass is 79.9. The third-order valence-corrected chi connectivity index (χ3v) is 4.15. The van der Waals surface area contributed by atoms with Gasteiger partial charge in [0, 0.05) is 12.2 Å². The lowest BCUT2D eigenvalue weighted by Gasteiger charge is -2.12. The van der Waals surface area contributed by atoms with E-state index in [9.17, 15) is 4.79 Å². The van der Waals surface area contributed by atoms with Gasteiger partial charge in [-0.05, 0) is 58.7 Å². The molecule has 1 amide bonds. The van der Waals surface area contributed by atoms with Gasteiger partial charge in [0.15, 0.2) is 0 Å². The molecule has 2 rings (SSSR count). The average Bonchev–Trinajstić information content (AvgIpc) is 2.56. The number of hydrogen-bond acceptors (Lipinski definition) is 3. The first-order valence-electron chi connectivity index (χ1n) is 8.07. The summed E-state index contributed by atoms with van der Waals surface area (Å²) in [5, 5.41) is 6.23. The van der Waals surface area contributed by atoms with Crippen LogP contribution in [0.4, 0.5) is 5.69 Å². The monoisotopic (exact) mass is 426 g/mol. The van der Waals surface area contributed by atoms with E-state index in [0.29, 0.717) is 13.0 Å². The fraction of sp³-hybridized carbons (Fsp3) is 0.316. The predicted molar refractivity (Wildman–Crippen MR) is 109 cm³/mol. The molecule has 0 spiro atoms. The molecule has 4 nitrogen and oxygen atoms in total. The standard InChI is InChI=1S/C19H23BrN2O2.ClH/c1-3-21-13-15-6-4-5-7-17(15)22-19(23)10-11-24-18-9-8-14(2)12-16(18)20;/h4-9,12,21H,3,10-11,13H2,1-2H3,(H,22,23);1H. The Morgan fingerprint density at radius 3 is 2.68 bits per heavy atom. The summed E-state index contributed by atoms with van der Waals surface area (Å²) in [6.45, 7) is 6.04. The Bertz CT molecular complexity index is 695. The van der Waals surface area contributed by atoms with Crippen LogP contribution in [-0.2, 0) is 11.3 Å². The maximum absolute atomic E-state index is 12.1. The fourth-order valence-corrected chi connectivity index (χ4v) is 2.85. The molecule has 136 valence electrons. The van der Waals surface area contributed by atoms with Crippen LogP contribution in [0.2, 0.25) is 0 Å². The van der Waals surface area contributed by atoms with Gasteiger partial charge in [-0.3, -0.25) is 4.79 Å². The van der Waals surface area contributed by atoms with Crippen LogP contribution in [0.15, 0.2) is 46.9 Å². The van der Waals surface area contributed by atoms with Crippen molar-refractivity contribution in [3.8, 4) is 5.75 Å². The number of hydrogen-bond donors (Lipinski definition) is 2. The number of amides is 1. The number of carbonyl (C=O) groups is 1. The van der Waals surface area contributed by atoms with E-state index in [-0.39, 0.29) is 18.3 Å². The number of benzene rings is 2. The van der Waals surface area contributed by atoms with Crippen molar-refractivity contribution < 1.29 is 9.53 Å². The van der Waals surface area contributed by atoms with Crippen molar-refractivity contribution in [3.63, 3.8) is 0 Å². The topological polar surface area (TPSA) is 50.4 Å². The summed E-state index contributed by atoms with van der Waals surface area (Å²) in [5.41, 5.74) is 3.08. The number of rotatable bonds is 8. The summed E-state index contributed by atoms with van der Waals surface area (Å²) in [6, 6.07) is 13.7. The molecule has 0 saturated heterocycles. The van der Waals surface area contributed by atoms with E-state index < -0.39 is 0 Å². The summed E-state index contributed by atoms with van der Waals surface area (Å²) in [5.74, 6) is 0.697. The van der Waals surface area contributed by atoms with Crippen LogP contribution in [0.25, 0.3) is 0 Å². The van der Waals surface area contributed by atoms with Crippen molar-refractivity contribution in [1.29, 1.82) is 0 Å². The molecule has 0 heterocycles. The van der Waals surface area contributed by atoms with E-state index in [1.807, 2.05) is 49.4 Å². The molecular weight excluding hydrogens is 404 g/mol. The maximum Gasteiger partial charge on any atom is 0.227 e. The first-order valence-corrected chi connectivity index (χ1v) is 8.87. The van der Waals surface area contributed by atoms with Crippen molar-refractivity contribution in [2.45, 2.75) is 26.8 Å². The number of halogens is 2. The van der Waals surface area contributed by atoms with Gasteiger partial charge in [0.1, 0.15) is 5.75 Å². The van der Waals surface area contributed by atoms with E-state index in [1.165, 1.54) is 0 Å². The van der Waals surface area contributed by atoms with Gasteiger partial charge in [0.2, 0.25) is 5.91 Å². The largest absolute Gasteiger partial charge is 0.492 e. The van der Waals surface area contributed by atoms with Crippen LogP contribution in [0.3, 0.4) is 0 Å². The van der Waals surface area contributed by atoms with E-state index in [0.717, 1.165) is 40.1 Å². The van der Waals surface area contributed by atoms with Crippen molar-refractivity contribution in [3.05, 3.63) is 58.1 Å². The highest BCUT2D eigenvalue weighted by Gasteiger charge is 2.08. The SMILES string of the molecule is CCNCc1ccccc1NC(=O)CCOc1ccc(C)cc1Br.Cl. The van der Waals surface area contributed by atoms with Crippen LogP contribution in [0, 0.1) is 6.92 Å². The van der Waals surface area contributed by atoms with Crippen LogP contribution < -0.4 is 15.4 Å². The summed E-state index contributed by atoms with van der Waals surface area (Å²) in [7, 11) is 0. The molecule has 2 aromatic rings. The van der Waals surface area contributed by atoms with Gasteiger partial charge in [-0.25, -0.2) is 0 Å². The van der Waals surface area contributed by atoms with Gasteiger partial charge in [0.05, 0.1) is 17.5 Å². The fourth-order valence-electron chi connectivity index (χ4n) is 2.25. The van der Waals surface area contributed by atoms with Crippen LogP contribution >= 0.6 is 28.3 Å². The zero-order chi connectivity index (χ0) is 17.4. The minimum absolute atomic E-state index is 0. The zero-order valence-corrected chi connectivity index (χ0v) is 16.9. The molecule has 0 saturated carbocycles. The molecule has 0 unspecified atom stereocenters. The normalized spacial score (nSPS) is 10.0. The van der Waals surface area contributed by atoms with Crippen molar-refractivity contribution in [2.75, 3.05) is 18.5 Å². The molecular formula is C19H24BrClN2O2. The average molecular weight is 428 g/mol. The molecule has 0 aliphatic carbocycles. The lowest BCUT2D eigenvalue weighted by molar-refractivity contribution is -0.116. The first kappa shape index (κ1) is 21.5. The Kier molecular flexibility index (Phi) is 9.57. The van der Waals surface area contributed by atoms with E-state index in [1.54, 1.807) is 0 Å². The van der Waals surface area contributed by atoms with Crippen molar-refractivity contribution in [1.82, 2.24) is 5.32 Å². The number of para-hydroxylation sites is 1. The number of anilines is 1. The van der Waals surface area contributed by atoms with Gasteiger partial charge >= 0.3 is 0 Å². The van der Waals surface area contributed by atoms with E-state index in [4.69, 9.17) is 4.74 Å². The number of aryl methyl sites for hydroxylation is 1.